The van der Waals surface area contributed by atoms with E-state index in [1.165, 1.54) is 24.3 Å². The summed E-state index contributed by atoms with van der Waals surface area (Å²) in [6.07, 6.45) is 0. The molecular formula is C30H32N2O8. The molecule has 0 saturated heterocycles. The van der Waals surface area contributed by atoms with E-state index in [4.69, 9.17) is 18.9 Å². The molecule has 2 aliphatic rings. The van der Waals surface area contributed by atoms with Crippen LogP contribution in [0.2, 0.25) is 0 Å². The zero-order valence-corrected chi connectivity index (χ0v) is 23.0. The van der Waals surface area contributed by atoms with Gasteiger partial charge in [-0.1, -0.05) is 6.07 Å². The van der Waals surface area contributed by atoms with Gasteiger partial charge in [-0.2, -0.15) is 0 Å². The van der Waals surface area contributed by atoms with Crippen molar-refractivity contribution >= 4 is 17.7 Å². The highest BCUT2D eigenvalue weighted by atomic mass is 16.6. The van der Waals surface area contributed by atoms with Crippen molar-refractivity contribution in [1.29, 1.82) is 0 Å². The smallest absolute Gasteiger partial charge is 0.340 e. The Hall–Kier alpha value is -4.28. The van der Waals surface area contributed by atoms with Gasteiger partial charge in [-0.3, -0.25) is 0 Å². The number of aromatic hydroxyl groups is 2. The fourth-order valence-electron chi connectivity index (χ4n) is 4.73. The molecule has 0 radical (unpaired) electrons. The molecule has 5 rings (SSSR count). The number of ether oxygens (including phenoxy) is 4. The Labute approximate surface area is 231 Å². The van der Waals surface area contributed by atoms with Gasteiger partial charge in [0.15, 0.2) is 5.60 Å². The van der Waals surface area contributed by atoms with Gasteiger partial charge in [0.1, 0.15) is 23.0 Å². The first kappa shape index (κ1) is 27.3. The molecule has 0 bridgehead atoms. The fourth-order valence-corrected chi connectivity index (χ4v) is 4.73. The molecule has 10 heteroatoms. The molecule has 1 spiro atoms. The van der Waals surface area contributed by atoms with Gasteiger partial charge in [-0.25, -0.2) is 9.59 Å². The minimum Gasteiger partial charge on any atom is -0.508 e. The Bertz CT molecular complexity index is 1450. The molecule has 2 aliphatic heterocycles. The van der Waals surface area contributed by atoms with Crippen molar-refractivity contribution in [3.8, 4) is 23.0 Å². The van der Waals surface area contributed by atoms with Crippen LogP contribution in [0, 0.1) is 0 Å². The largest absolute Gasteiger partial charge is 0.508 e. The summed E-state index contributed by atoms with van der Waals surface area (Å²) in [6, 6.07) is 13.6. The number of methoxy groups -OCH3 is 1. The zero-order valence-electron chi connectivity index (χ0n) is 23.0. The van der Waals surface area contributed by atoms with Crippen LogP contribution in [0.1, 0.15) is 54.7 Å². The summed E-state index contributed by atoms with van der Waals surface area (Å²) >= 11 is 0. The summed E-state index contributed by atoms with van der Waals surface area (Å²) < 4.78 is 23.3. The Kier molecular flexibility index (Phi) is 6.63. The van der Waals surface area contributed by atoms with E-state index in [9.17, 15) is 19.8 Å². The van der Waals surface area contributed by atoms with Crippen LogP contribution in [0.4, 0.5) is 10.5 Å². The minimum atomic E-state index is -1.37. The third-order valence-electron chi connectivity index (χ3n) is 7.07. The van der Waals surface area contributed by atoms with E-state index in [1.54, 1.807) is 37.4 Å². The number of benzene rings is 3. The molecule has 210 valence electrons. The Morgan fingerprint density at radius 2 is 1.50 bits per heavy atom. The number of carbonyl (C=O) groups is 2. The average molecular weight is 549 g/mol. The van der Waals surface area contributed by atoms with Crippen LogP contribution in [-0.2, 0) is 19.8 Å². The molecule has 0 aromatic heterocycles. The lowest BCUT2D eigenvalue weighted by Gasteiger charge is -2.36. The second kappa shape index (κ2) is 9.72. The molecule has 3 aromatic rings. The number of fused-ring (bicyclic) bond motifs is 6. The van der Waals surface area contributed by atoms with Crippen LogP contribution in [0.25, 0.3) is 0 Å². The number of carbonyl (C=O) groups excluding carboxylic acids is 2. The van der Waals surface area contributed by atoms with Crippen LogP contribution in [0.15, 0.2) is 54.6 Å². The summed E-state index contributed by atoms with van der Waals surface area (Å²) in [5, 5.41) is 25.7. The van der Waals surface area contributed by atoms with Crippen molar-refractivity contribution in [1.82, 2.24) is 5.32 Å². The van der Waals surface area contributed by atoms with Crippen molar-refractivity contribution in [2.75, 3.05) is 25.6 Å². The van der Waals surface area contributed by atoms with Gasteiger partial charge >= 0.3 is 12.0 Å². The summed E-state index contributed by atoms with van der Waals surface area (Å²) in [6.45, 7) is 8.15. The maximum absolute atomic E-state index is 13.2. The molecule has 0 aliphatic carbocycles. The standard InChI is InChI=1S/C30H32N2O8/c1-28(2,38-16-29(3,4)37-5)15-31-27(36)32-17-6-9-21-20(12-17)26(35)40-30(21)22-10-7-18(33)13-24(22)39-25-14-19(34)8-11-23(25)30/h6-14,33-34H,15-16H2,1-5H3,(H2,31,32,36). The molecule has 4 N–H and O–H groups in total. The number of urea groups is 1. The highest BCUT2D eigenvalue weighted by Gasteiger charge is 2.53. The molecule has 0 fully saturated rings. The van der Waals surface area contributed by atoms with Crippen molar-refractivity contribution in [2.45, 2.75) is 44.5 Å². The Morgan fingerprint density at radius 1 is 0.900 bits per heavy atom. The minimum absolute atomic E-state index is 0.0244. The first-order chi connectivity index (χ1) is 18.8. The van der Waals surface area contributed by atoms with Gasteiger partial charge in [0.25, 0.3) is 0 Å². The number of hydrogen-bond donors (Lipinski definition) is 4. The summed E-state index contributed by atoms with van der Waals surface area (Å²) in [4.78, 5) is 26.0. The van der Waals surface area contributed by atoms with Crippen molar-refractivity contribution < 1.29 is 38.7 Å². The van der Waals surface area contributed by atoms with E-state index in [1.807, 2.05) is 27.7 Å². The van der Waals surface area contributed by atoms with Gasteiger partial charge in [-0.05, 0) is 64.1 Å². The molecule has 3 aromatic carbocycles. The first-order valence-corrected chi connectivity index (χ1v) is 12.8. The predicted octanol–water partition coefficient (Wildman–Crippen LogP) is 5.01. The number of hydrogen-bond acceptors (Lipinski definition) is 8. The van der Waals surface area contributed by atoms with Crippen molar-refractivity contribution in [3.05, 3.63) is 76.9 Å². The van der Waals surface area contributed by atoms with Crippen LogP contribution in [0.5, 0.6) is 23.0 Å². The number of amides is 2. The molecule has 40 heavy (non-hydrogen) atoms. The lowest BCUT2D eigenvalue weighted by Crippen LogP contribution is -2.44. The van der Waals surface area contributed by atoms with Crippen molar-refractivity contribution in [2.24, 2.45) is 0 Å². The number of esters is 1. The van der Waals surface area contributed by atoms with Gasteiger partial charge < -0.3 is 39.8 Å². The van der Waals surface area contributed by atoms with E-state index in [0.29, 0.717) is 40.5 Å². The van der Waals surface area contributed by atoms with E-state index in [0.717, 1.165) is 0 Å². The fraction of sp³-hybridized carbons (Fsp3) is 0.333. The van der Waals surface area contributed by atoms with Gasteiger partial charge in [0, 0.05) is 48.2 Å². The Balaban J connectivity index is 1.40. The quantitative estimate of drug-likeness (QED) is 0.303. The second-order valence-corrected chi connectivity index (χ2v) is 11.1. The normalized spacial score (nSPS) is 15.0. The summed E-state index contributed by atoms with van der Waals surface area (Å²) in [7, 11) is 1.62. The van der Waals surface area contributed by atoms with E-state index in [-0.39, 0.29) is 23.6 Å². The van der Waals surface area contributed by atoms with Crippen molar-refractivity contribution in [3.63, 3.8) is 0 Å². The van der Waals surface area contributed by atoms with E-state index < -0.39 is 28.8 Å². The summed E-state index contributed by atoms with van der Waals surface area (Å²) in [5.74, 6) is -0.0559. The number of nitrogens with one attached hydrogen (secondary N) is 2. The molecule has 0 saturated carbocycles. The van der Waals surface area contributed by atoms with E-state index >= 15 is 0 Å². The molecule has 10 nitrogen and oxygen atoms in total. The van der Waals surface area contributed by atoms with Crippen LogP contribution in [-0.4, -0.2) is 53.7 Å². The number of phenols is 2. The third kappa shape index (κ3) is 4.91. The number of anilines is 1. The lowest BCUT2D eigenvalue weighted by molar-refractivity contribution is -0.104. The van der Waals surface area contributed by atoms with Gasteiger partial charge in [0.2, 0.25) is 0 Å². The number of phenolic OH excluding ortho intramolecular Hbond substituents is 2. The predicted molar refractivity (Wildman–Crippen MR) is 146 cm³/mol. The second-order valence-electron chi connectivity index (χ2n) is 11.1. The molecule has 2 heterocycles. The van der Waals surface area contributed by atoms with Crippen LogP contribution < -0.4 is 15.4 Å². The molecular weight excluding hydrogens is 516 g/mol. The first-order valence-electron chi connectivity index (χ1n) is 12.8. The van der Waals surface area contributed by atoms with E-state index in [2.05, 4.69) is 10.6 Å². The SMILES string of the molecule is COC(C)(C)COC(C)(C)CNC(=O)Nc1ccc2c(c1)C(=O)OC21c2ccc(O)cc2Oc2cc(O)ccc21. The summed E-state index contributed by atoms with van der Waals surface area (Å²) in [5.41, 5.74) is -0.219. The maximum atomic E-state index is 13.2. The lowest BCUT2D eigenvalue weighted by atomic mass is 9.77. The zero-order chi connectivity index (χ0) is 28.9. The molecule has 2 amide bonds. The Morgan fingerprint density at radius 3 is 2.10 bits per heavy atom. The third-order valence-corrected chi connectivity index (χ3v) is 7.07. The monoisotopic (exact) mass is 548 g/mol. The topological polar surface area (TPSA) is 136 Å². The highest BCUT2D eigenvalue weighted by Crippen LogP contribution is 2.57. The number of rotatable bonds is 7. The maximum Gasteiger partial charge on any atom is 0.340 e. The van der Waals surface area contributed by atoms with Crippen LogP contribution in [0.3, 0.4) is 0 Å². The highest BCUT2D eigenvalue weighted by molar-refractivity contribution is 5.99. The average Bonchev–Trinajstić information content (AvgIpc) is 3.18. The molecule has 0 atom stereocenters. The molecule has 0 unspecified atom stereocenters. The van der Waals surface area contributed by atoms with Gasteiger partial charge in [0.05, 0.1) is 23.4 Å². The van der Waals surface area contributed by atoms with Gasteiger partial charge in [-0.15, -0.1) is 0 Å². The van der Waals surface area contributed by atoms with Crippen LogP contribution >= 0.6 is 0 Å².